The summed E-state index contributed by atoms with van der Waals surface area (Å²) in [5, 5.41) is 3.79. The van der Waals surface area contributed by atoms with Gasteiger partial charge in [0.05, 0.1) is 0 Å². The van der Waals surface area contributed by atoms with E-state index in [0.717, 1.165) is 20.8 Å². The molecule has 0 radical (unpaired) electrons. The molecule has 0 bridgehead atoms. The predicted molar refractivity (Wildman–Crippen MR) is 86.7 cm³/mol. The summed E-state index contributed by atoms with van der Waals surface area (Å²) in [6.45, 7) is 4.22. The topological polar surface area (TPSA) is 128 Å². The molecule has 148 valence electrons. The zero-order valence-electron chi connectivity index (χ0n) is 14.7. The molecule has 12 heteroatoms. The highest BCUT2D eigenvalue weighted by Crippen LogP contribution is 2.33. The first-order valence-electron chi connectivity index (χ1n) is 7.69. The number of carbonyl (C=O) groups is 3. The Labute approximate surface area is 155 Å². The molecular weight excluding hydrogens is 373 g/mol. The van der Waals surface area contributed by atoms with Crippen molar-refractivity contribution in [2.24, 2.45) is 5.22 Å². The number of halogens is 1. The van der Waals surface area contributed by atoms with Crippen LogP contribution in [0.1, 0.15) is 27.7 Å². The fourth-order valence-corrected chi connectivity index (χ4v) is 2.98. The van der Waals surface area contributed by atoms with Crippen molar-refractivity contribution in [3.05, 3.63) is 0 Å². The summed E-state index contributed by atoms with van der Waals surface area (Å²) < 4.78 is 34.8. The fourth-order valence-electron chi connectivity index (χ4n) is 2.58. The van der Waals surface area contributed by atoms with E-state index >= 15 is 0 Å². The molecule has 10 nitrogen and oxygen atoms in total. The van der Waals surface area contributed by atoms with Crippen LogP contribution in [0, 0.1) is 5.53 Å². The molecule has 0 saturated carbocycles. The molecule has 1 N–H and O–H groups in total. The first-order valence-corrected chi connectivity index (χ1v) is 8.21. The lowest BCUT2D eigenvalue weighted by Crippen LogP contribution is -2.65. The summed E-state index contributed by atoms with van der Waals surface area (Å²) >= 11 is 4.19. The van der Waals surface area contributed by atoms with Gasteiger partial charge in [-0.15, -0.1) is 12.6 Å². The van der Waals surface area contributed by atoms with Crippen LogP contribution in [0.2, 0.25) is 0 Å². The van der Waals surface area contributed by atoms with Crippen LogP contribution in [0.5, 0.6) is 0 Å². The monoisotopic (exact) mass is 395 g/mol. The van der Waals surface area contributed by atoms with Crippen LogP contribution in [0.4, 0.5) is 4.39 Å². The normalized spacial score (nSPS) is 29.2. The maximum absolute atomic E-state index is 14.0. The van der Waals surface area contributed by atoms with Crippen LogP contribution < -0.4 is 0 Å². The number of nitrogens with one attached hydrogen (secondary N) is 1. The van der Waals surface area contributed by atoms with Gasteiger partial charge in [-0.3, -0.25) is 14.4 Å². The lowest BCUT2D eigenvalue weighted by atomic mass is 9.95. The number of esters is 3. The zero-order valence-corrected chi connectivity index (χ0v) is 15.6. The molecule has 6 atom stereocenters. The third-order valence-corrected chi connectivity index (χ3v) is 3.89. The van der Waals surface area contributed by atoms with Gasteiger partial charge in [0.25, 0.3) is 0 Å². The quantitative estimate of drug-likeness (QED) is 0.163. The van der Waals surface area contributed by atoms with Crippen molar-refractivity contribution in [3.8, 4) is 0 Å². The molecule has 1 rings (SSSR count). The molecule has 4 unspecified atom stereocenters. The molecule has 0 spiro atoms. The number of hydrogen-bond donors (Lipinski definition) is 2. The van der Waals surface area contributed by atoms with Gasteiger partial charge in [-0.2, -0.15) is 5.53 Å². The second-order valence-electron chi connectivity index (χ2n) is 5.56. The molecule has 1 aliphatic rings. The van der Waals surface area contributed by atoms with Gasteiger partial charge in [-0.1, -0.05) is 5.22 Å². The van der Waals surface area contributed by atoms with E-state index in [1.165, 1.54) is 6.92 Å². The predicted octanol–water partition coefficient (Wildman–Crippen LogP) is 1.000. The highest BCUT2D eigenvalue weighted by molar-refractivity contribution is 7.80. The van der Waals surface area contributed by atoms with Crippen molar-refractivity contribution in [1.82, 2.24) is 5.01 Å². The van der Waals surface area contributed by atoms with Gasteiger partial charge in [-0.05, 0) is 6.92 Å². The molecule has 26 heavy (non-hydrogen) atoms. The first kappa shape index (κ1) is 22.1. The van der Waals surface area contributed by atoms with Gasteiger partial charge in [-0.25, -0.2) is 9.40 Å². The Morgan fingerprint density at radius 2 is 1.73 bits per heavy atom. The lowest BCUT2D eigenvalue weighted by molar-refractivity contribution is -0.226. The maximum Gasteiger partial charge on any atom is 0.303 e. The minimum Gasteiger partial charge on any atom is -0.463 e. The molecule has 0 aromatic heterocycles. The summed E-state index contributed by atoms with van der Waals surface area (Å²) in [7, 11) is 0. The Balaban J connectivity index is 3.31. The molecule has 1 saturated heterocycles. The summed E-state index contributed by atoms with van der Waals surface area (Å²) in [6, 6.07) is -1.22. The third kappa shape index (κ3) is 5.80. The zero-order chi connectivity index (χ0) is 20.0. The molecule has 1 fully saturated rings. The van der Waals surface area contributed by atoms with E-state index in [4.69, 9.17) is 24.5 Å². The van der Waals surface area contributed by atoms with E-state index in [1.807, 2.05) is 0 Å². The van der Waals surface area contributed by atoms with E-state index in [0.29, 0.717) is 5.01 Å². The number of hydrogen-bond acceptors (Lipinski definition) is 10. The van der Waals surface area contributed by atoms with Gasteiger partial charge < -0.3 is 18.9 Å². The summed E-state index contributed by atoms with van der Waals surface area (Å²) in [5.41, 5.74) is 6.18. The molecule has 0 aromatic rings. The minimum atomic E-state index is -1.78. The molecule has 0 aliphatic carbocycles. The Bertz CT molecular complexity index is 551. The Kier molecular flexibility index (Phi) is 8.21. The van der Waals surface area contributed by atoms with E-state index in [1.54, 1.807) is 0 Å². The fraction of sp³-hybridized carbons (Fsp3) is 0.786. The van der Waals surface area contributed by atoms with Gasteiger partial charge in [0, 0.05) is 20.8 Å². The van der Waals surface area contributed by atoms with Crippen LogP contribution >= 0.6 is 12.6 Å². The lowest BCUT2D eigenvalue weighted by Gasteiger charge is -2.46. The second kappa shape index (κ2) is 9.67. The van der Waals surface area contributed by atoms with Crippen molar-refractivity contribution in [1.29, 1.82) is 5.53 Å². The first-order chi connectivity index (χ1) is 12.1. The van der Waals surface area contributed by atoms with Crippen LogP contribution in [0.3, 0.4) is 0 Å². The standard InChI is InChI=1S/C14H22FN3O7S/c1-6(15)18(17-16)11-12(23-8(3)20)10(5-22-7(2)19)25-14(26)13(11)24-9(4)21/h6,10-14,16,26H,5H2,1-4H3/t6?,10?,11?,12-,13?,14-/m0/s1. The second-order valence-corrected chi connectivity index (χ2v) is 6.07. The maximum atomic E-state index is 14.0. The summed E-state index contributed by atoms with van der Waals surface area (Å²) in [5.74, 6) is -2.04. The van der Waals surface area contributed by atoms with Crippen LogP contribution in [-0.2, 0) is 33.3 Å². The summed E-state index contributed by atoms with van der Waals surface area (Å²) in [4.78, 5) is 34.1. The molecular formula is C14H22FN3O7S. The Morgan fingerprint density at radius 3 is 2.15 bits per heavy atom. The molecule has 0 aromatic carbocycles. The van der Waals surface area contributed by atoms with E-state index in [9.17, 15) is 18.8 Å². The molecule has 1 aliphatic heterocycles. The van der Waals surface area contributed by atoms with E-state index in [2.05, 4.69) is 17.9 Å². The SMILES string of the molecule is CC(=O)OCC1O[C@@H](S)C(OC(C)=O)C(N(N=N)C(C)F)[C@H]1OC(C)=O. The molecule has 1 heterocycles. The van der Waals surface area contributed by atoms with Gasteiger partial charge in [0.2, 0.25) is 0 Å². The van der Waals surface area contributed by atoms with Crippen LogP contribution in [-0.4, -0.2) is 65.6 Å². The average Bonchev–Trinajstić information content (AvgIpc) is 2.50. The highest BCUT2D eigenvalue weighted by atomic mass is 32.1. The van der Waals surface area contributed by atoms with Crippen molar-refractivity contribution in [3.63, 3.8) is 0 Å². The average molecular weight is 395 g/mol. The Morgan fingerprint density at radius 1 is 1.19 bits per heavy atom. The van der Waals surface area contributed by atoms with Gasteiger partial charge in [0.15, 0.2) is 18.5 Å². The smallest absolute Gasteiger partial charge is 0.303 e. The number of nitrogens with zero attached hydrogens (tertiary/aromatic N) is 2. The van der Waals surface area contributed by atoms with E-state index < -0.39 is 54.0 Å². The number of carbonyl (C=O) groups excluding carboxylic acids is 3. The summed E-state index contributed by atoms with van der Waals surface area (Å²) in [6.07, 6.45) is -5.26. The largest absolute Gasteiger partial charge is 0.463 e. The number of thiol groups is 1. The Hall–Kier alpha value is -1.95. The number of alkyl halides is 1. The third-order valence-electron chi connectivity index (χ3n) is 3.48. The van der Waals surface area contributed by atoms with Crippen molar-refractivity contribution in [2.45, 2.75) is 63.8 Å². The van der Waals surface area contributed by atoms with E-state index in [-0.39, 0.29) is 6.61 Å². The minimum absolute atomic E-state index is 0.319. The molecule has 0 amide bonds. The number of ether oxygens (including phenoxy) is 4. The van der Waals surface area contributed by atoms with Crippen LogP contribution in [0.15, 0.2) is 5.22 Å². The van der Waals surface area contributed by atoms with Gasteiger partial charge >= 0.3 is 17.9 Å². The number of rotatable bonds is 7. The van der Waals surface area contributed by atoms with Crippen molar-refractivity contribution in [2.75, 3.05) is 6.61 Å². The van der Waals surface area contributed by atoms with Crippen molar-refractivity contribution >= 4 is 30.5 Å². The highest BCUT2D eigenvalue weighted by Gasteiger charge is 2.52. The van der Waals surface area contributed by atoms with Crippen LogP contribution in [0.25, 0.3) is 0 Å². The van der Waals surface area contributed by atoms with Gasteiger partial charge in [0.1, 0.15) is 24.2 Å². The van der Waals surface area contributed by atoms with Crippen molar-refractivity contribution < 1.29 is 37.7 Å².